The van der Waals surface area contributed by atoms with E-state index in [-0.39, 0.29) is 11.8 Å². The molecule has 128 valence electrons. The number of nitrogens with zero attached hydrogens (tertiary/aromatic N) is 2. The second-order valence-corrected chi connectivity index (χ2v) is 7.10. The molecule has 0 saturated carbocycles. The van der Waals surface area contributed by atoms with E-state index in [1.807, 2.05) is 48.5 Å². The van der Waals surface area contributed by atoms with Crippen molar-refractivity contribution in [1.29, 1.82) is 5.26 Å². The Morgan fingerprint density at radius 2 is 1.92 bits per heavy atom. The molecule has 0 atom stereocenters. The zero-order valence-electron chi connectivity index (χ0n) is 13.9. The van der Waals surface area contributed by atoms with Gasteiger partial charge in [0.05, 0.1) is 17.3 Å². The van der Waals surface area contributed by atoms with Crippen LogP contribution in [0.5, 0.6) is 0 Å². The Balaban J connectivity index is 1.53. The SMILES string of the molecule is N#Cc1ccc(N2CCC(C(=O)NCc3ccccc3)CC2)c(Br)c1. The molecule has 2 aromatic rings. The third-order valence-corrected chi connectivity index (χ3v) is 5.23. The first-order chi connectivity index (χ1) is 12.2. The number of benzene rings is 2. The fourth-order valence-corrected chi connectivity index (χ4v) is 3.77. The lowest BCUT2D eigenvalue weighted by Gasteiger charge is -2.33. The van der Waals surface area contributed by atoms with Crippen molar-refractivity contribution >= 4 is 27.5 Å². The number of carbonyl (C=O) groups is 1. The summed E-state index contributed by atoms with van der Waals surface area (Å²) in [7, 11) is 0. The summed E-state index contributed by atoms with van der Waals surface area (Å²) in [6, 6.07) is 17.8. The zero-order valence-corrected chi connectivity index (χ0v) is 15.5. The van der Waals surface area contributed by atoms with Gasteiger partial charge >= 0.3 is 0 Å². The molecule has 1 heterocycles. The number of piperidine rings is 1. The minimum absolute atomic E-state index is 0.0668. The number of nitrogens with one attached hydrogen (secondary N) is 1. The molecular formula is C20H20BrN3O. The van der Waals surface area contributed by atoms with E-state index in [1.54, 1.807) is 0 Å². The molecular weight excluding hydrogens is 378 g/mol. The van der Waals surface area contributed by atoms with E-state index in [4.69, 9.17) is 5.26 Å². The molecule has 0 unspecified atom stereocenters. The van der Waals surface area contributed by atoms with Gasteiger partial charge in [-0.2, -0.15) is 5.26 Å². The van der Waals surface area contributed by atoms with Gasteiger partial charge in [0.25, 0.3) is 0 Å². The predicted octanol–water partition coefficient (Wildman–Crippen LogP) is 3.85. The molecule has 1 aliphatic heterocycles. The van der Waals surface area contributed by atoms with Crippen LogP contribution in [0.15, 0.2) is 53.0 Å². The third-order valence-electron chi connectivity index (χ3n) is 4.59. The number of rotatable bonds is 4. The minimum atomic E-state index is 0.0668. The van der Waals surface area contributed by atoms with E-state index in [0.29, 0.717) is 12.1 Å². The topological polar surface area (TPSA) is 56.1 Å². The fraction of sp³-hybridized carbons (Fsp3) is 0.300. The maximum Gasteiger partial charge on any atom is 0.223 e. The van der Waals surface area contributed by atoms with Gasteiger partial charge in [-0.05, 0) is 52.5 Å². The predicted molar refractivity (Wildman–Crippen MR) is 102 cm³/mol. The molecule has 5 heteroatoms. The summed E-state index contributed by atoms with van der Waals surface area (Å²) >= 11 is 3.55. The van der Waals surface area contributed by atoms with Gasteiger partial charge in [-0.3, -0.25) is 4.79 Å². The Hall–Kier alpha value is -2.32. The molecule has 4 nitrogen and oxygen atoms in total. The van der Waals surface area contributed by atoms with E-state index in [1.165, 1.54) is 0 Å². The van der Waals surface area contributed by atoms with Crippen LogP contribution in [0.1, 0.15) is 24.0 Å². The van der Waals surface area contributed by atoms with Gasteiger partial charge in [-0.25, -0.2) is 0 Å². The van der Waals surface area contributed by atoms with Gasteiger partial charge in [0.15, 0.2) is 0 Å². The highest BCUT2D eigenvalue weighted by molar-refractivity contribution is 9.10. The number of nitriles is 1. The summed E-state index contributed by atoms with van der Waals surface area (Å²) in [4.78, 5) is 14.7. The Kier molecular flexibility index (Phi) is 5.72. The minimum Gasteiger partial charge on any atom is -0.371 e. The number of amides is 1. The van der Waals surface area contributed by atoms with Crippen LogP contribution in [0.4, 0.5) is 5.69 Å². The van der Waals surface area contributed by atoms with Gasteiger partial charge in [0.1, 0.15) is 0 Å². The van der Waals surface area contributed by atoms with Crippen LogP contribution in [-0.2, 0) is 11.3 Å². The molecule has 1 aliphatic rings. The van der Waals surface area contributed by atoms with Crippen LogP contribution in [0.2, 0.25) is 0 Å². The third kappa shape index (κ3) is 4.40. The Morgan fingerprint density at radius 3 is 2.56 bits per heavy atom. The van der Waals surface area contributed by atoms with Crippen LogP contribution >= 0.6 is 15.9 Å². The Morgan fingerprint density at radius 1 is 1.20 bits per heavy atom. The van der Waals surface area contributed by atoms with Gasteiger partial charge in [0, 0.05) is 30.0 Å². The van der Waals surface area contributed by atoms with Crippen molar-refractivity contribution in [2.75, 3.05) is 18.0 Å². The van der Waals surface area contributed by atoms with Crippen molar-refractivity contribution in [1.82, 2.24) is 5.32 Å². The first-order valence-corrected chi connectivity index (χ1v) is 9.23. The quantitative estimate of drug-likeness (QED) is 0.851. The van der Waals surface area contributed by atoms with E-state index >= 15 is 0 Å². The molecule has 2 aromatic carbocycles. The van der Waals surface area contributed by atoms with Crippen molar-refractivity contribution < 1.29 is 4.79 Å². The molecule has 0 bridgehead atoms. The summed E-state index contributed by atoms with van der Waals surface area (Å²) in [6.45, 7) is 2.27. The van der Waals surface area contributed by atoms with Crippen molar-refractivity contribution in [3.05, 3.63) is 64.1 Å². The van der Waals surface area contributed by atoms with Gasteiger partial charge < -0.3 is 10.2 Å². The average molecular weight is 398 g/mol. The van der Waals surface area contributed by atoms with Crippen LogP contribution in [0, 0.1) is 17.2 Å². The number of hydrogen-bond donors (Lipinski definition) is 1. The largest absolute Gasteiger partial charge is 0.371 e. The molecule has 25 heavy (non-hydrogen) atoms. The highest BCUT2D eigenvalue weighted by atomic mass is 79.9. The maximum atomic E-state index is 12.4. The fourth-order valence-electron chi connectivity index (χ4n) is 3.14. The van der Waals surface area contributed by atoms with Gasteiger partial charge in [-0.1, -0.05) is 30.3 Å². The second kappa shape index (κ2) is 8.17. The van der Waals surface area contributed by atoms with Crippen LogP contribution in [-0.4, -0.2) is 19.0 Å². The summed E-state index contributed by atoms with van der Waals surface area (Å²) in [6.07, 6.45) is 1.68. The van der Waals surface area contributed by atoms with Crippen molar-refractivity contribution in [2.24, 2.45) is 5.92 Å². The van der Waals surface area contributed by atoms with Crippen molar-refractivity contribution in [3.63, 3.8) is 0 Å². The molecule has 0 aromatic heterocycles. The molecule has 0 spiro atoms. The highest BCUT2D eigenvalue weighted by Crippen LogP contribution is 2.30. The summed E-state index contributed by atoms with van der Waals surface area (Å²) in [5, 5.41) is 12.0. The molecule has 1 fully saturated rings. The van der Waals surface area contributed by atoms with Crippen LogP contribution < -0.4 is 10.2 Å². The smallest absolute Gasteiger partial charge is 0.223 e. The van der Waals surface area contributed by atoms with Crippen LogP contribution in [0.25, 0.3) is 0 Å². The maximum absolute atomic E-state index is 12.4. The van der Waals surface area contributed by atoms with E-state index in [9.17, 15) is 4.79 Å². The molecule has 1 N–H and O–H groups in total. The summed E-state index contributed by atoms with van der Waals surface area (Å²) in [5.41, 5.74) is 2.85. The molecule has 3 rings (SSSR count). The summed E-state index contributed by atoms with van der Waals surface area (Å²) < 4.78 is 0.929. The van der Waals surface area contributed by atoms with Gasteiger partial charge in [-0.15, -0.1) is 0 Å². The molecule has 0 radical (unpaired) electrons. The number of carbonyl (C=O) groups excluding carboxylic acids is 1. The Bertz CT molecular complexity index is 777. The normalized spacial score (nSPS) is 14.8. The average Bonchev–Trinajstić information content (AvgIpc) is 2.67. The molecule has 1 amide bonds. The van der Waals surface area contributed by atoms with Crippen molar-refractivity contribution in [2.45, 2.75) is 19.4 Å². The van der Waals surface area contributed by atoms with Gasteiger partial charge in [0.2, 0.25) is 5.91 Å². The number of anilines is 1. The monoisotopic (exact) mass is 397 g/mol. The van der Waals surface area contributed by atoms with E-state index < -0.39 is 0 Å². The standard InChI is InChI=1S/C20H20BrN3O/c21-18-12-16(13-22)6-7-19(18)24-10-8-17(9-11-24)20(25)23-14-15-4-2-1-3-5-15/h1-7,12,17H,8-11,14H2,(H,23,25). The van der Waals surface area contributed by atoms with Crippen molar-refractivity contribution in [3.8, 4) is 6.07 Å². The molecule has 0 aliphatic carbocycles. The number of hydrogen-bond acceptors (Lipinski definition) is 3. The highest BCUT2D eigenvalue weighted by Gasteiger charge is 2.25. The lowest BCUT2D eigenvalue weighted by molar-refractivity contribution is -0.125. The zero-order chi connectivity index (χ0) is 17.6. The number of halogens is 1. The lowest BCUT2D eigenvalue weighted by Crippen LogP contribution is -2.40. The first-order valence-electron chi connectivity index (χ1n) is 8.43. The van der Waals surface area contributed by atoms with E-state index in [2.05, 4.69) is 32.2 Å². The Labute approximate surface area is 156 Å². The lowest BCUT2D eigenvalue weighted by atomic mass is 9.95. The second-order valence-electron chi connectivity index (χ2n) is 6.24. The summed E-state index contributed by atoms with van der Waals surface area (Å²) in [5.74, 6) is 0.208. The van der Waals surface area contributed by atoms with E-state index in [0.717, 1.165) is 41.7 Å². The van der Waals surface area contributed by atoms with Crippen LogP contribution in [0.3, 0.4) is 0 Å². The molecule has 1 saturated heterocycles. The first kappa shape index (κ1) is 17.5.